The number of rotatable bonds is 6. The van der Waals surface area contributed by atoms with Gasteiger partial charge in [-0.3, -0.25) is 9.10 Å². The summed E-state index contributed by atoms with van der Waals surface area (Å²) in [4.78, 5) is 15.0. The Bertz CT molecular complexity index is 632. The minimum atomic E-state index is -3.29. The first-order chi connectivity index (χ1) is 10.9. The molecule has 1 saturated heterocycles. The Morgan fingerprint density at radius 1 is 1.17 bits per heavy atom. The third-order valence-corrected chi connectivity index (χ3v) is 5.80. The van der Waals surface area contributed by atoms with Crippen molar-refractivity contribution in [3.63, 3.8) is 0 Å². The zero-order chi connectivity index (χ0) is 17.0. The van der Waals surface area contributed by atoms with Gasteiger partial charge in [-0.15, -0.1) is 0 Å². The van der Waals surface area contributed by atoms with Crippen LogP contribution in [-0.2, 0) is 10.0 Å². The molecule has 6 heteroatoms. The van der Waals surface area contributed by atoms with Crippen molar-refractivity contribution in [2.24, 2.45) is 5.92 Å². The van der Waals surface area contributed by atoms with Crippen LogP contribution in [0.4, 0.5) is 5.69 Å². The average Bonchev–Trinajstić information content (AvgIpc) is 2.54. The standard InChI is InChI=1S/C17H26N2O3S/c1-4-18-12-10-15(11-13-18)17(20)14-6-8-16(9-7-14)19(5-2)23(3,21)22/h6-9,15H,4-5,10-13H2,1-3H3. The van der Waals surface area contributed by atoms with Crippen LogP contribution < -0.4 is 4.31 Å². The lowest BCUT2D eigenvalue weighted by Crippen LogP contribution is -2.36. The van der Waals surface area contributed by atoms with Crippen molar-refractivity contribution >= 4 is 21.5 Å². The molecule has 0 aromatic heterocycles. The van der Waals surface area contributed by atoms with Gasteiger partial charge in [-0.25, -0.2) is 8.42 Å². The van der Waals surface area contributed by atoms with E-state index in [0.717, 1.165) is 32.5 Å². The number of likely N-dealkylation sites (tertiary alicyclic amines) is 1. The van der Waals surface area contributed by atoms with Gasteiger partial charge in [0.1, 0.15) is 0 Å². The number of anilines is 1. The summed E-state index contributed by atoms with van der Waals surface area (Å²) in [6.45, 7) is 7.30. The Hall–Kier alpha value is -1.40. The molecule has 0 N–H and O–H groups in total. The summed E-state index contributed by atoms with van der Waals surface area (Å²) < 4.78 is 24.8. The summed E-state index contributed by atoms with van der Waals surface area (Å²) in [7, 11) is -3.29. The summed E-state index contributed by atoms with van der Waals surface area (Å²) in [6, 6.07) is 6.94. The van der Waals surface area contributed by atoms with Crippen LogP contribution in [0.5, 0.6) is 0 Å². The number of hydrogen-bond donors (Lipinski definition) is 0. The van der Waals surface area contributed by atoms with Crippen molar-refractivity contribution in [1.82, 2.24) is 4.90 Å². The first kappa shape index (κ1) is 17.9. The summed E-state index contributed by atoms with van der Waals surface area (Å²) in [5.74, 6) is 0.260. The molecular formula is C17H26N2O3S. The summed E-state index contributed by atoms with van der Waals surface area (Å²) in [5, 5.41) is 0. The number of benzene rings is 1. The topological polar surface area (TPSA) is 57.7 Å². The zero-order valence-electron chi connectivity index (χ0n) is 14.2. The van der Waals surface area contributed by atoms with Crippen molar-refractivity contribution in [3.05, 3.63) is 29.8 Å². The SMILES string of the molecule is CCN1CCC(C(=O)c2ccc(N(CC)S(C)(=O)=O)cc2)CC1. The predicted molar refractivity (Wildman–Crippen MR) is 93.5 cm³/mol. The van der Waals surface area contributed by atoms with Gasteiger partial charge < -0.3 is 4.90 Å². The Labute approximate surface area is 139 Å². The van der Waals surface area contributed by atoms with Crippen LogP contribution in [0.3, 0.4) is 0 Å². The second-order valence-corrected chi connectivity index (χ2v) is 7.95. The van der Waals surface area contributed by atoms with Crippen molar-refractivity contribution in [3.8, 4) is 0 Å². The molecule has 0 saturated carbocycles. The summed E-state index contributed by atoms with van der Waals surface area (Å²) in [5.41, 5.74) is 1.28. The van der Waals surface area contributed by atoms with E-state index in [1.807, 2.05) is 0 Å². The molecule has 1 aliphatic heterocycles. The molecule has 0 aliphatic carbocycles. The maximum atomic E-state index is 12.6. The molecule has 0 atom stereocenters. The monoisotopic (exact) mass is 338 g/mol. The van der Waals surface area contributed by atoms with Gasteiger partial charge >= 0.3 is 0 Å². The molecule has 1 fully saturated rings. The van der Waals surface area contributed by atoms with Gasteiger partial charge in [-0.1, -0.05) is 6.92 Å². The van der Waals surface area contributed by atoms with E-state index in [1.54, 1.807) is 31.2 Å². The van der Waals surface area contributed by atoms with Crippen LogP contribution in [-0.4, -0.2) is 51.5 Å². The van der Waals surface area contributed by atoms with Gasteiger partial charge in [0.15, 0.2) is 5.78 Å². The molecule has 2 rings (SSSR count). The Balaban J connectivity index is 2.09. The average molecular weight is 338 g/mol. The molecule has 23 heavy (non-hydrogen) atoms. The molecule has 1 aromatic rings. The second-order valence-electron chi connectivity index (χ2n) is 6.05. The largest absolute Gasteiger partial charge is 0.304 e. The van der Waals surface area contributed by atoms with Crippen LogP contribution in [0.2, 0.25) is 0 Å². The van der Waals surface area contributed by atoms with E-state index < -0.39 is 10.0 Å². The maximum absolute atomic E-state index is 12.6. The van der Waals surface area contributed by atoms with E-state index in [2.05, 4.69) is 11.8 Å². The molecule has 0 unspecified atom stereocenters. The first-order valence-corrected chi connectivity index (χ1v) is 10.1. The lowest BCUT2D eigenvalue weighted by molar-refractivity contribution is 0.0844. The fraction of sp³-hybridized carbons (Fsp3) is 0.588. The molecule has 1 heterocycles. The smallest absolute Gasteiger partial charge is 0.232 e. The highest BCUT2D eigenvalue weighted by atomic mass is 32.2. The Morgan fingerprint density at radius 3 is 2.17 bits per heavy atom. The third-order valence-electron chi connectivity index (χ3n) is 4.53. The number of ketones is 1. The highest BCUT2D eigenvalue weighted by Gasteiger charge is 2.25. The van der Waals surface area contributed by atoms with E-state index in [9.17, 15) is 13.2 Å². The molecule has 128 valence electrons. The van der Waals surface area contributed by atoms with Crippen molar-refractivity contribution in [2.45, 2.75) is 26.7 Å². The van der Waals surface area contributed by atoms with Crippen molar-refractivity contribution in [2.75, 3.05) is 36.7 Å². The van der Waals surface area contributed by atoms with Crippen LogP contribution in [0.15, 0.2) is 24.3 Å². The fourth-order valence-corrected chi connectivity index (χ4v) is 4.12. The molecule has 1 aliphatic rings. The van der Waals surface area contributed by atoms with Gasteiger partial charge in [0.2, 0.25) is 10.0 Å². The summed E-state index contributed by atoms with van der Waals surface area (Å²) >= 11 is 0. The number of carbonyl (C=O) groups is 1. The van der Waals surface area contributed by atoms with Gasteiger partial charge in [-0.05, 0) is 63.7 Å². The molecule has 5 nitrogen and oxygen atoms in total. The highest BCUT2D eigenvalue weighted by molar-refractivity contribution is 7.92. The lowest BCUT2D eigenvalue weighted by atomic mass is 9.89. The quantitative estimate of drug-likeness (QED) is 0.747. The molecule has 1 aromatic carbocycles. The van der Waals surface area contributed by atoms with Crippen LogP contribution in [0.25, 0.3) is 0 Å². The maximum Gasteiger partial charge on any atom is 0.232 e. The van der Waals surface area contributed by atoms with Gasteiger partial charge in [-0.2, -0.15) is 0 Å². The first-order valence-electron chi connectivity index (χ1n) is 8.21. The Morgan fingerprint density at radius 2 is 1.74 bits per heavy atom. The van der Waals surface area contributed by atoms with E-state index in [4.69, 9.17) is 0 Å². The van der Waals surface area contributed by atoms with Crippen LogP contribution in [0.1, 0.15) is 37.0 Å². The molecular weight excluding hydrogens is 312 g/mol. The number of sulfonamides is 1. The van der Waals surface area contributed by atoms with Crippen molar-refractivity contribution < 1.29 is 13.2 Å². The highest BCUT2D eigenvalue weighted by Crippen LogP contribution is 2.24. The fourth-order valence-electron chi connectivity index (χ4n) is 3.15. The van der Waals surface area contributed by atoms with E-state index in [1.165, 1.54) is 10.6 Å². The summed E-state index contributed by atoms with van der Waals surface area (Å²) in [6.07, 6.45) is 2.99. The third kappa shape index (κ3) is 4.32. The van der Waals surface area contributed by atoms with Gasteiger partial charge in [0.05, 0.1) is 11.9 Å². The normalized spacial score (nSPS) is 17.2. The number of carbonyl (C=O) groups excluding carboxylic acids is 1. The van der Waals surface area contributed by atoms with Crippen molar-refractivity contribution in [1.29, 1.82) is 0 Å². The Kier molecular flexibility index (Phi) is 5.81. The van der Waals surface area contributed by atoms with Gasteiger partial charge in [0.25, 0.3) is 0 Å². The minimum Gasteiger partial charge on any atom is -0.304 e. The lowest BCUT2D eigenvalue weighted by Gasteiger charge is -2.30. The predicted octanol–water partition coefficient (Wildman–Crippen LogP) is 2.39. The van der Waals surface area contributed by atoms with E-state index in [-0.39, 0.29) is 11.7 Å². The van der Waals surface area contributed by atoms with Crippen LogP contribution >= 0.6 is 0 Å². The van der Waals surface area contributed by atoms with Crippen LogP contribution in [0, 0.1) is 5.92 Å². The number of piperidine rings is 1. The second kappa shape index (κ2) is 7.45. The van der Waals surface area contributed by atoms with E-state index in [0.29, 0.717) is 17.8 Å². The minimum absolute atomic E-state index is 0.0841. The van der Waals surface area contributed by atoms with E-state index >= 15 is 0 Å². The molecule has 0 bridgehead atoms. The zero-order valence-corrected chi connectivity index (χ0v) is 15.0. The molecule has 0 radical (unpaired) electrons. The van der Waals surface area contributed by atoms with Gasteiger partial charge in [0, 0.05) is 18.0 Å². The molecule has 0 spiro atoms. The number of hydrogen-bond acceptors (Lipinski definition) is 4. The number of nitrogens with zero attached hydrogens (tertiary/aromatic N) is 2. The molecule has 0 amide bonds. The number of Topliss-reactive ketones (excluding diaryl/α,β-unsaturated/α-hetero) is 1.